The lowest BCUT2D eigenvalue weighted by molar-refractivity contribution is 0.476. The first-order chi connectivity index (χ1) is 8.83. The monoisotopic (exact) mass is 237 g/mol. The SMILES string of the molecule is Oc1ccc2c(Nc3ccccc3)ncnc2c1. The van der Waals surface area contributed by atoms with Crippen LogP contribution in [0.1, 0.15) is 0 Å². The average Bonchev–Trinajstić information content (AvgIpc) is 2.40. The maximum absolute atomic E-state index is 9.43. The van der Waals surface area contributed by atoms with E-state index in [1.165, 1.54) is 6.33 Å². The van der Waals surface area contributed by atoms with Crippen molar-refractivity contribution in [2.45, 2.75) is 0 Å². The summed E-state index contributed by atoms with van der Waals surface area (Å²) in [5.41, 5.74) is 1.68. The second-order valence-electron chi connectivity index (χ2n) is 3.91. The quantitative estimate of drug-likeness (QED) is 0.719. The first-order valence-corrected chi connectivity index (χ1v) is 5.59. The maximum atomic E-state index is 9.43. The van der Waals surface area contributed by atoms with Gasteiger partial charge >= 0.3 is 0 Å². The number of fused-ring (bicyclic) bond motifs is 1. The number of rotatable bonds is 2. The van der Waals surface area contributed by atoms with Crippen LogP contribution >= 0.6 is 0 Å². The van der Waals surface area contributed by atoms with Gasteiger partial charge in [0.15, 0.2) is 0 Å². The van der Waals surface area contributed by atoms with Crippen molar-refractivity contribution < 1.29 is 5.11 Å². The van der Waals surface area contributed by atoms with Gasteiger partial charge in [0, 0.05) is 17.1 Å². The Labute approximate surface area is 104 Å². The van der Waals surface area contributed by atoms with Gasteiger partial charge in [-0.05, 0) is 24.3 Å². The van der Waals surface area contributed by atoms with Gasteiger partial charge < -0.3 is 10.4 Å². The van der Waals surface area contributed by atoms with Crippen molar-refractivity contribution in [2.24, 2.45) is 0 Å². The Bertz CT molecular complexity index is 683. The third-order valence-corrected chi connectivity index (χ3v) is 2.66. The van der Waals surface area contributed by atoms with E-state index in [2.05, 4.69) is 15.3 Å². The van der Waals surface area contributed by atoms with Gasteiger partial charge in [-0.15, -0.1) is 0 Å². The Morgan fingerprint density at radius 2 is 1.78 bits per heavy atom. The smallest absolute Gasteiger partial charge is 0.141 e. The number of phenols is 1. The Hall–Kier alpha value is -2.62. The van der Waals surface area contributed by atoms with Crippen LogP contribution in [0.5, 0.6) is 5.75 Å². The van der Waals surface area contributed by atoms with Gasteiger partial charge in [0.2, 0.25) is 0 Å². The molecule has 0 radical (unpaired) electrons. The summed E-state index contributed by atoms with van der Waals surface area (Å²) in [5, 5.41) is 13.5. The van der Waals surface area contributed by atoms with Crippen LogP contribution in [-0.2, 0) is 0 Å². The minimum atomic E-state index is 0.201. The summed E-state index contributed by atoms with van der Waals surface area (Å²) in [4.78, 5) is 8.36. The Balaban J connectivity index is 2.07. The highest BCUT2D eigenvalue weighted by Gasteiger charge is 2.04. The summed E-state index contributed by atoms with van der Waals surface area (Å²) in [7, 11) is 0. The van der Waals surface area contributed by atoms with E-state index in [-0.39, 0.29) is 5.75 Å². The van der Waals surface area contributed by atoms with Crippen LogP contribution in [0.2, 0.25) is 0 Å². The number of nitrogens with one attached hydrogen (secondary N) is 1. The maximum Gasteiger partial charge on any atom is 0.141 e. The Kier molecular flexibility index (Phi) is 2.53. The van der Waals surface area contributed by atoms with Crippen LogP contribution in [0.25, 0.3) is 10.9 Å². The van der Waals surface area contributed by atoms with Crippen LogP contribution in [0.4, 0.5) is 11.5 Å². The lowest BCUT2D eigenvalue weighted by atomic mass is 10.2. The lowest BCUT2D eigenvalue weighted by Gasteiger charge is -2.08. The highest BCUT2D eigenvalue weighted by atomic mass is 16.3. The predicted octanol–water partition coefficient (Wildman–Crippen LogP) is 3.08. The van der Waals surface area contributed by atoms with Crippen molar-refractivity contribution in [1.29, 1.82) is 0 Å². The highest BCUT2D eigenvalue weighted by Crippen LogP contribution is 2.25. The molecule has 0 bridgehead atoms. The first kappa shape index (κ1) is 10.5. The molecule has 0 saturated heterocycles. The molecule has 2 N–H and O–H groups in total. The van der Waals surface area contributed by atoms with E-state index in [9.17, 15) is 5.11 Å². The molecule has 0 aliphatic carbocycles. The molecule has 4 heteroatoms. The number of aromatic nitrogens is 2. The minimum absolute atomic E-state index is 0.201. The molecule has 0 saturated carbocycles. The molecule has 18 heavy (non-hydrogen) atoms. The van der Waals surface area contributed by atoms with Gasteiger partial charge in [0.1, 0.15) is 17.9 Å². The molecular weight excluding hydrogens is 226 g/mol. The molecule has 0 fully saturated rings. The fraction of sp³-hybridized carbons (Fsp3) is 0. The van der Waals surface area contributed by atoms with Gasteiger partial charge in [-0.2, -0.15) is 0 Å². The molecule has 0 spiro atoms. The zero-order valence-electron chi connectivity index (χ0n) is 9.54. The number of para-hydroxylation sites is 1. The van der Waals surface area contributed by atoms with E-state index in [0.29, 0.717) is 5.52 Å². The number of anilines is 2. The van der Waals surface area contributed by atoms with Crippen LogP contribution in [0.3, 0.4) is 0 Å². The fourth-order valence-corrected chi connectivity index (χ4v) is 1.80. The lowest BCUT2D eigenvalue weighted by Crippen LogP contribution is -1.95. The van der Waals surface area contributed by atoms with E-state index < -0.39 is 0 Å². The van der Waals surface area contributed by atoms with Gasteiger partial charge in [-0.1, -0.05) is 18.2 Å². The van der Waals surface area contributed by atoms with Crippen molar-refractivity contribution in [3.05, 3.63) is 54.9 Å². The molecule has 0 unspecified atom stereocenters. The van der Waals surface area contributed by atoms with E-state index in [4.69, 9.17) is 0 Å². The molecule has 1 heterocycles. The van der Waals surface area contributed by atoms with E-state index in [0.717, 1.165) is 16.9 Å². The number of benzene rings is 2. The topological polar surface area (TPSA) is 58.0 Å². The number of phenolic OH excluding ortho intramolecular Hbond substituents is 1. The van der Waals surface area contributed by atoms with Gasteiger partial charge in [-0.25, -0.2) is 9.97 Å². The second kappa shape index (κ2) is 4.33. The van der Waals surface area contributed by atoms with E-state index in [1.807, 2.05) is 30.3 Å². The van der Waals surface area contributed by atoms with Crippen LogP contribution in [0, 0.1) is 0 Å². The van der Waals surface area contributed by atoms with Crippen LogP contribution in [-0.4, -0.2) is 15.1 Å². The molecule has 2 aromatic carbocycles. The number of nitrogens with zero attached hydrogens (tertiary/aromatic N) is 2. The summed E-state index contributed by atoms with van der Waals surface area (Å²) in [6, 6.07) is 14.9. The van der Waals surface area contributed by atoms with Crippen molar-refractivity contribution in [3.63, 3.8) is 0 Å². The Morgan fingerprint density at radius 3 is 2.61 bits per heavy atom. The standard InChI is InChI=1S/C14H11N3O/c18-11-6-7-12-13(8-11)15-9-16-14(12)17-10-4-2-1-3-5-10/h1-9,18H,(H,15,16,17). The molecule has 88 valence electrons. The molecule has 0 atom stereocenters. The molecule has 0 aliphatic heterocycles. The summed E-state index contributed by atoms with van der Waals surface area (Å²) in [5.74, 6) is 0.929. The second-order valence-corrected chi connectivity index (χ2v) is 3.91. The Morgan fingerprint density at radius 1 is 0.944 bits per heavy atom. The number of hydrogen-bond donors (Lipinski definition) is 2. The van der Waals surface area contributed by atoms with E-state index in [1.54, 1.807) is 18.2 Å². The largest absolute Gasteiger partial charge is 0.508 e. The van der Waals surface area contributed by atoms with Gasteiger partial charge in [0.05, 0.1) is 5.52 Å². The van der Waals surface area contributed by atoms with Gasteiger partial charge in [-0.3, -0.25) is 0 Å². The molecule has 0 amide bonds. The number of hydrogen-bond acceptors (Lipinski definition) is 4. The molecule has 4 nitrogen and oxygen atoms in total. The molecule has 3 rings (SSSR count). The van der Waals surface area contributed by atoms with Crippen molar-refractivity contribution >= 4 is 22.4 Å². The van der Waals surface area contributed by atoms with Crippen LogP contribution < -0.4 is 5.32 Å². The zero-order chi connectivity index (χ0) is 12.4. The summed E-state index contributed by atoms with van der Waals surface area (Å²) >= 11 is 0. The normalized spacial score (nSPS) is 10.4. The molecule has 1 aromatic heterocycles. The number of aromatic hydroxyl groups is 1. The fourth-order valence-electron chi connectivity index (χ4n) is 1.80. The van der Waals surface area contributed by atoms with Crippen molar-refractivity contribution in [3.8, 4) is 5.75 Å². The average molecular weight is 237 g/mol. The molecular formula is C14H11N3O. The zero-order valence-corrected chi connectivity index (χ0v) is 9.54. The summed E-state index contributed by atoms with van der Waals surface area (Å²) < 4.78 is 0. The molecule has 0 aliphatic rings. The summed E-state index contributed by atoms with van der Waals surface area (Å²) in [6.07, 6.45) is 1.48. The predicted molar refractivity (Wildman–Crippen MR) is 70.9 cm³/mol. The highest BCUT2D eigenvalue weighted by molar-refractivity contribution is 5.91. The van der Waals surface area contributed by atoms with Crippen LogP contribution in [0.15, 0.2) is 54.9 Å². The molecule has 3 aromatic rings. The first-order valence-electron chi connectivity index (χ1n) is 5.59. The summed E-state index contributed by atoms with van der Waals surface area (Å²) in [6.45, 7) is 0. The van der Waals surface area contributed by atoms with Gasteiger partial charge in [0.25, 0.3) is 0 Å². The third kappa shape index (κ3) is 1.96. The minimum Gasteiger partial charge on any atom is -0.508 e. The van der Waals surface area contributed by atoms with Crippen molar-refractivity contribution in [2.75, 3.05) is 5.32 Å². The third-order valence-electron chi connectivity index (χ3n) is 2.66. The van der Waals surface area contributed by atoms with E-state index >= 15 is 0 Å². The van der Waals surface area contributed by atoms with Crippen molar-refractivity contribution in [1.82, 2.24) is 9.97 Å².